The average molecular weight is 1030 g/mol. The number of nitrogens with zero attached hydrogens (tertiary/aromatic N) is 2. The largest absolute Gasteiger partial charge is 0.394 e. The minimum absolute atomic E-state index is 0.0154. The molecule has 10 N–H and O–H groups in total. The van der Waals surface area contributed by atoms with Gasteiger partial charge >= 0.3 is 0 Å². The summed E-state index contributed by atoms with van der Waals surface area (Å²) in [6.45, 7) is 13.0. The van der Waals surface area contributed by atoms with Crippen LogP contribution >= 0.6 is 0 Å². The van der Waals surface area contributed by atoms with Crippen LogP contribution in [0.5, 0.6) is 0 Å². The normalized spacial score (nSPS) is 20.2. The zero-order chi connectivity index (χ0) is 54.7. The predicted molar refractivity (Wildman–Crippen MR) is 278 cm³/mol. The van der Waals surface area contributed by atoms with Crippen LogP contribution in [0.3, 0.4) is 0 Å². The first-order valence-corrected chi connectivity index (χ1v) is 25.1. The number of hydrogen-bond acceptors (Lipinski definition) is 12. The van der Waals surface area contributed by atoms with E-state index in [-0.39, 0.29) is 37.1 Å². The van der Waals surface area contributed by atoms with Crippen molar-refractivity contribution >= 4 is 47.3 Å². The Morgan fingerprint density at radius 2 is 0.892 bits per heavy atom. The summed E-state index contributed by atoms with van der Waals surface area (Å²) in [6.07, 6.45) is -0.0308. The monoisotopic (exact) mass is 1020 g/mol. The van der Waals surface area contributed by atoms with E-state index in [9.17, 15) is 48.6 Å². The third-order valence-electron chi connectivity index (χ3n) is 13.7. The average Bonchev–Trinajstić information content (AvgIpc) is 4.01. The molecule has 0 aliphatic carbocycles. The van der Waals surface area contributed by atoms with Crippen LogP contribution in [0.1, 0.15) is 112 Å². The SMILES string of the molecule is CNC(C)C(=O)NC(C(=O)N1CC(NC(=O)c2cccc(C(=O)NC3CC(C(=O)NC(CO)c4ccccc4)N(C(=O)C(NC(=O)C(C)NC)C(C)(C)C)C3)c2)CC1C(=O)NC(CO)c1ccccc1)C(C)(C)C. The van der Waals surface area contributed by atoms with Crippen molar-refractivity contribution in [2.45, 2.75) is 129 Å². The zero-order valence-corrected chi connectivity index (χ0v) is 44.2. The van der Waals surface area contributed by atoms with Gasteiger partial charge in [-0.3, -0.25) is 38.4 Å². The van der Waals surface area contributed by atoms with Crippen LogP contribution in [0, 0.1) is 10.8 Å². The van der Waals surface area contributed by atoms with Gasteiger partial charge in [0.2, 0.25) is 35.4 Å². The molecule has 3 aromatic carbocycles. The van der Waals surface area contributed by atoms with Gasteiger partial charge in [-0.05, 0) is 80.9 Å². The molecule has 0 bridgehead atoms. The fourth-order valence-corrected chi connectivity index (χ4v) is 9.01. The van der Waals surface area contributed by atoms with Crippen molar-refractivity contribution in [1.82, 2.24) is 52.3 Å². The number of hydrogen-bond donors (Lipinski definition) is 10. The minimum atomic E-state index is -1.12. The van der Waals surface area contributed by atoms with Crippen LogP contribution < -0.4 is 42.5 Å². The molecule has 20 nitrogen and oxygen atoms in total. The fraction of sp³-hybridized carbons (Fsp3) is 0.519. The van der Waals surface area contributed by atoms with E-state index in [1.165, 1.54) is 34.1 Å². The highest BCUT2D eigenvalue weighted by molar-refractivity contribution is 6.01. The Balaban J connectivity index is 1.37. The van der Waals surface area contributed by atoms with Crippen LogP contribution in [0.25, 0.3) is 0 Å². The van der Waals surface area contributed by atoms with E-state index in [1.807, 2.05) is 0 Å². The number of benzene rings is 3. The summed E-state index contributed by atoms with van der Waals surface area (Å²) in [7, 11) is 3.23. The maximum absolute atomic E-state index is 14.6. The molecule has 20 heteroatoms. The molecule has 74 heavy (non-hydrogen) atoms. The molecule has 2 fully saturated rings. The summed E-state index contributed by atoms with van der Waals surface area (Å²) in [5, 5.41) is 43.6. The van der Waals surface area contributed by atoms with Crippen LogP contribution in [-0.4, -0.2) is 156 Å². The van der Waals surface area contributed by atoms with Gasteiger partial charge in [0.05, 0.1) is 37.4 Å². The van der Waals surface area contributed by atoms with E-state index >= 15 is 0 Å². The van der Waals surface area contributed by atoms with Gasteiger partial charge in [-0.2, -0.15) is 0 Å². The Morgan fingerprint density at radius 3 is 1.20 bits per heavy atom. The van der Waals surface area contributed by atoms with Crippen molar-refractivity contribution in [3.63, 3.8) is 0 Å². The fourth-order valence-electron chi connectivity index (χ4n) is 9.01. The molecule has 8 amide bonds. The van der Waals surface area contributed by atoms with Crippen molar-refractivity contribution in [2.24, 2.45) is 10.8 Å². The van der Waals surface area contributed by atoms with Gasteiger partial charge in [0.15, 0.2) is 0 Å². The predicted octanol–water partition coefficient (Wildman–Crippen LogP) is 1.06. The molecule has 5 rings (SSSR count). The summed E-state index contributed by atoms with van der Waals surface area (Å²) < 4.78 is 0. The zero-order valence-electron chi connectivity index (χ0n) is 44.2. The van der Waals surface area contributed by atoms with Crippen molar-refractivity contribution in [3.8, 4) is 0 Å². The molecule has 0 saturated carbocycles. The molecule has 0 radical (unpaired) electrons. The van der Waals surface area contributed by atoms with Gasteiger partial charge in [0, 0.05) is 36.3 Å². The summed E-state index contributed by atoms with van der Waals surface area (Å²) in [4.78, 5) is 115. The number of likely N-dealkylation sites (tertiary alicyclic amines) is 2. The number of nitrogens with one attached hydrogen (secondary N) is 8. The van der Waals surface area contributed by atoms with Crippen molar-refractivity contribution in [1.29, 1.82) is 0 Å². The van der Waals surface area contributed by atoms with E-state index in [0.29, 0.717) is 11.1 Å². The van der Waals surface area contributed by atoms with E-state index < -0.39 is 132 Å². The Bertz CT molecular complexity index is 2300. The van der Waals surface area contributed by atoms with Crippen LogP contribution in [0.4, 0.5) is 0 Å². The number of carbonyl (C=O) groups excluding carboxylic acids is 8. The van der Waals surface area contributed by atoms with Gasteiger partial charge < -0.3 is 62.5 Å². The van der Waals surface area contributed by atoms with E-state index in [4.69, 9.17) is 0 Å². The number of amides is 8. The van der Waals surface area contributed by atoms with Crippen molar-refractivity contribution in [3.05, 3.63) is 107 Å². The lowest BCUT2D eigenvalue weighted by molar-refractivity contribution is -0.144. The summed E-state index contributed by atoms with van der Waals surface area (Å²) in [6, 6.07) is 14.9. The van der Waals surface area contributed by atoms with Crippen molar-refractivity contribution in [2.75, 3.05) is 40.4 Å². The highest BCUT2D eigenvalue weighted by Gasteiger charge is 2.48. The van der Waals surface area contributed by atoms with Gasteiger partial charge in [-0.25, -0.2) is 0 Å². The Labute approximate surface area is 433 Å². The smallest absolute Gasteiger partial charge is 0.251 e. The first-order chi connectivity index (χ1) is 34.9. The quantitative estimate of drug-likeness (QED) is 0.0762. The lowest BCUT2D eigenvalue weighted by Gasteiger charge is -2.36. The van der Waals surface area contributed by atoms with Gasteiger partial charge in [-0.1, -0.05) is 108 Å². The molecule has 2 aliphatic rings. The van der Waals surface area contributed by atoms with Crippen LogP contribution in [-0.2, 0) is 28.8 Å². The number of aliphatic hydroxyl groups excluding tert-OH is 2. The molecule has 2 saturated heterocycles. The Hall–Kier alpha value is -6.74. The van der Waals surface area contributed by atoms with Gasteiger partial charge in [-0.15, -0.1) is 0 Å². The minimum Gasteiger partial charge on any atom is -0.394 e. The molecule has 2 heterocycles. The second-order valence-electron chi connectivity index (χ2n) is 21.4. The van der Waals surface area contributed by atoms with Crippen LogP contribution in [0.15, 0.2) is 84.9 Å². The first-order valence-electron chi connectivity index (χ1n) is 25.1. The third kappa shape index (κ3) is 14.7. The topological polar surface area (TPSA) is 280 Å². The summed E-state index contributed by atoms with van der Waals surface area (Å²) >= 11 is 0. The molecule has 10 unspecified atom stereocenters. The highest BCUT2D eigenvalue weighted by Crippen LogP contribution is 2.29. The summed E-state index contributed by atoms with van der Waals surface area (Å²) in [5.74, 6) is -4.27. The lowest BCUT2D eigenvalue weighted by Crippen LogP contribution is -2.59. The first kappa shape index (κ1) is 58.2. The summed E-state index contributed by atoms with van der Waals surface area (Å²) in [5.41, 5.74) is -0.146. The van der Waals surface area contributed by atoms with E-state index in [1.54, 1.807) is 130 Å². The standard InChI is InChI=1S/C54H76N10O10/c1-31(55-9)45(67)61-43(53(3,4)5)51(73)63-27-37(25-41(63)49(71)59-39(29-65)33-18-13-11-14-19-33)57-47(69)35-22-17-23-36(24-35)48(70)58-38-26-42(50(72)60-40(30-66)34-20-15-12-16-21-34)64(28-38)52(74)44(54(6,7)8)62-46(68)32(2)56-10/h11-24,31-32,37-44,55-56,65-66H,25-30H2,1-10H3,(H,57,69)(H,58,70)(H,59,71)(H,60,72)(H,61,67)(H,62,68). The molecule has 0 aromatic heterocycles. The third-order valence-corrected chi connectivity index (χ3v) is 13.7. The maximum Gasteiger partial charge on any atom is 0.251 e. The van der Waals surface area contributed by atoms with E-state index in [2.05, 4.69) is 42.5 Å². The molecule has 3 aromatic rings. The maximum atomic E-state index is 14.6. The van der Waals surface area contributed by atoms with E-state index in [0.717, 1.165) is 0 Å². The molecular formula is C54H76N10O10. The van der Waals surface area contributed by atoms with Crippen LogP contribution in [0.2, 0.25) is 0 Å². The molecule has 0 spiro atoms. The van der Waals surface area contributed by atoms with Gasteiger partial charge in [0.1, 0.15) is 24.2 Å². The second kappa shape index (κ2) is 25.5. The highest BCUT2D eigenvalue weighted by atomic mass is 16.3. The molecule has 402 valence electrons. The number of carbonyl (C=O) groups is 8. The van der Waals surface area contributed by atoms with Gasteiger partial charge in [0.25, 0.3) is 11.8 Å². The Morgan fingerprint density at radius 1 is 0.541 bits per heavy atom. The molecular weight excluding hydrogens is 949 g/mol. The van der Waals surface area contributed by atoms with Crippen molar-refractivity contribution < 1.29 is 48.6 Å². The Kier molecular flexibility index (Phi) is 20.0. The number of aliphatic hydroxyl groups is 2. The second-order valence-corrected chi connectivity index (χ2v) is 21.4. The molecule has 2 aliphatic heterocycles. The molecule has 10 atom stereocenters. The number of rotatable bonds is 20. The number of likely N-dealkylation sites (N-methyl/N-ethyl adjacent to an activating group) is 2. The lowest BCUT2D eigenvalue weighted by atomic mass is 9.85.